The smallest absolute Gasteiger partial charge is 0.152 e. The van der Waals surface area contributed by atoms with Crippen LogP contribution in [-0.4, -0.2) is 24.2 Å². The van der Waals surface area contributed by atoms with Crippen LogP contribution >= 0.6 is 15.9 Å². The van der Waals surface area contributed by atoms with Crippen LogP contribution in [0.2, 0.25) is 0 Å². The third-order valence-electron chi connectivity index (χ3n) is 4.36. The van der Waals surface area contributed by atoms with Crippen molar-refractivity contribution in [3.63, 3.8) is 0 Å². The topological polar surface area (TPSA) is 34.1 Å². The Kier molecular flexibility index (Phi) is 6.17. The van der Waals surface area contributed by atoms with E-state index < -0.39 is 9.84 Å². The van der Waals surface area contributed by atoms with Crippen molar-refractivity contribution in [3.05, 3.63) is 0 Å². The van der Waals surface area contributed by atoms with Crippen LogP contribution in [0.5, 0.6) is 0 Å². The SMILES string of the molecule is CC(C)C1CCC(Br)C(CCS(=O)(=O)C(C)C)C1. The predicted molar refractivity (Wildman–Crippen MR) is 81.9 cm³/mol. The molecule has 1 saturated carbocycles. The molecule has 3 atom stereocenters. The van der Waals surface area contributed by atoms with Crippen LogP contribution in [0, 0.1) is 17.8 Å². The minimum Gasteiger partial charge on any atom is -0.229 e. The summed E-state index contributed by atoms with van der Waals surface area (Å²) in [7, 11) is -2.88. The second-order valence-corrected chi connectivity index (χ2v) is 10.2. The van der Waals surface area contributed by atoms with Crippen LogP contribution in [0.1, 0.15) is 53.4 Å². The summed E-state index contributed by atoms with van der Waals surface area (Å²) in [4.78, 5) is 0.509. The van der Waals surface area contributed by atoms with Crippen molar-refractivity contribution in [3.8, 4) is 0 Å². The highest BCUT2D eigenvalue weighted by molar-refractivity contribution is 9.09. The highest BCUT2D eigenvalue weighted by Gasteiger charge is 2.31. The maximum absolute atomic E-state index is 11.9. The van der Waals surface area contributed by atoms with Gasteiger partial charge in [-0.1, -0.05) is 29.8 Å². The number of alkyl halides is 1. The molecule has 0 aromatic rings. The molecule has 1 aliphatic carbocycles. The van der Waals surface area contributed by atoms with Gasteiger partial charge in [-0.3, -0.25) is 0 Å². The molecule has 108 valence electrons. The molecule has 0 spiro atoms. The molecule has 0 aliphatic heterocycles. The third kappa shape index (κ3) is 4.52. The highest BCUT2D eigenvalue weighted by atomic mass is 79.9. The van der Waals surface area contributed by atoms with Crippen LogP contribution < -0.4 is 0 Å². The van der Waals surface area contributed by atoms with Gasteiger partial charge < -0.3 is 0 Å². The van der Waals surface area contributed by atoms with E-state index >= 15 is 0 Å². The van der Waals surface area contributed by atoms with E-state index in [1.807, 2.05) is 0 Å². The van der Waals surface area contributed by atoms with Crippen molar-refractivity contribution >= 4 is 25.8 Å². The van der Waals surface area contributed by atoms with Gasteiger partial charge in [-0.05, 0) is 57.3 Å². The molecule has 2 nitrogen and oxygen atoms in total. The molecule has 0 aromatic heterocycles. The fourth-order valence-corrected chi connectivity index (χ4v) is 4.57. The molecule has 0 heterocycles. The van der Waals surface area contributed by atoms with E-state index in [0.29, 0.717) is 22.4 Å². The highest BCUT2D eigenvalue weighted by Crippen LogP contribution is 2.39. The summed E-state index contributed by atoms with van der Waals surface area (Å²) in [5, 5.41) is -0.240. The Balaban J connectivity index is 2.55. The average molecular weight is 339 g/mol. The summed E-state index contributed by atoms with van der Waals surface area (Å²) in [6.07, 6.45) is 4.47. The van der Waals surface area contributed by atoms with Gasteiger partial charge in [0.1, 0.15) is 0 Å². The molecule has 3 unspecified atom stereocenters. The Bertz CT molecular complexity index is 349. The summed E-state index contributed by atoms with van der Waals surface area (Å²) in [6.45, 7) is 8.11. The molecule has 1 fully saturated rings. The van der Waals surface area contributed by atoms with Crippen molar-refractivity contribution in [2.75, 3.05) is 5.75 Å². The van der Waals surface area contributed by atoms with Crippen LogP contribution in [0.3, 0.4) is 0 Å². The van der Waals surface area contributed by atoms with E-state index in [2.05, 4.69) is 29.8 Å². The van der Waals surface area contributed by atoms with Crippen LogP contribution in [0.15, 0.2) is 0 Å². The van der Waals surface area contributed by atoms with Crippen LogP contribution in [-0.2, 0) is 9.84 Å². The molecule has 4 heteroatoms. The minimum absolute atomic E-state index is 0.240. The lowest BCUT2D eigenvalue weighted by Crippen LogP contribution is -2.30. The molecule has 0 aromatic carbocycles. The number of rotatable bonds is 5. The van der Waals surface area contributed by atoms with Crippen molar-refractivity contribution in [1.29, 1.82) is 0 Å². The standard InChI is InChI=1S/C14H27BrO2S/c1-10(2)12-5-6-14(15)13(9-12)7-8-18(16,17)11(3)4/h10-14H,5-9H2,1-4H3. The van der Waals surface area contributed by atoms with E-state index in [-0.39, 0.29) is 5.25 Å². The Morgan fingerprint density at radius 3 is 2.28 bits per heavy atom. The molecule has 0 amide bonds. The van der Waals surface area contributed by atoms with Gasteiger partial charge in [0.15, 0.2) is 9.84 Å². The lowest BCUT2D eigenvalue weighted by atomic mass is 9.75. The quantitative estimate of drug-likeness (QED) is 0.709. The number of hydrogen-bond acceptors (Lipinski definition) is 2. The van der Waals surface area contributed by atoms with E-state index in [0.717, 1.165) is 12.3 Å². The van der Waals surface area contributed by atoms with Crippen LogP contribution in [0.4, 0.5) is 0 Å². The zero-order valence-corrected chi connectivity index (χ0v) is 14.4. The summed E-state index contributed by atoms with van der Waals surface area (Å²) in [5.74, 6) is 2.36. The van der Waals surface area contributed by atoms with Gasteiger partial charge in [0.25, 0.3) is 0 Å². The second kappa shape index (κ2) is 6.74. The van der Waals surface area contributed by atoms with E-state index in [9.17, 15) is 8.42 Å². The number of hydrogen-bond donors (Lipinski definition) is 0. The second-order valence-electron chi connectivity index (χ2n) is 6.30. The first-order chi connectivity index (χ1) is 8.24. The minimum atomic E-state index is -2.88. The monoisotopic (exact) mass is 338 g/mol. The molecule has 0 radical (unpaired) electrons. The van der Waals surface area contributed by atoms with Crippen molar-refractivity contribution in [2.24, 2.45) is 17.8 Å². The lowest BCUT2D eigenvalue weighted by Gasteiger charge is -2.35. The summed E-state index contributed by atoms with van der Waals surface area (Å²) < 4.78 is 23.8. The average Bonchev–Trinajstić information content (AvgIpc) is 2.27. The zero-order valence-electron chi connectivity index (χ0n) is 12.0. The first kappa shape index (κ1) is 16.5. The van der Waals surface area contributed by atoms with Gasteiger partial charge in [-0.2, -0.15) is 0 Å². The summed E-state index contributed by atoms with van der Waals surface area (Å²) >= 11 is 3.74. The van der Waals surface area contributed by atoms with Crippen molar-refractivity contribution in [1.82, 2.24) is 0 Å². The van der Waals surface area contributed by atoms with E-state index in [1.54, 1.807) is 13.8 Å². The van der Waals surface area contributed by atoms with Gasteiger partial charge in [-0.15, -0.1) is 0 Å². The van der Waals surface area contributed by atoms with Crippen LogP contribution in [0.25, 0.3) is 0 Å². The lowest BCUT2D eigenvalue weighted by molar-refractivity contribution is 0.220. The molecule has 0 saturated heterocycles. The summed E-state index contributed by atoms with van der Waals surface area (Å²) in [5.41, 5.74) is 0. The zero-order chi connectivity index (χ0) is 13.9. The molecule has 18 heavy (non-hydrogen) atoms. The maximum atomic E-state index is 11.9. The molecular weight excluding hydrogens is 312 g/mol. The maximum Gasteiger partial charge on any atom is 0.152 e. The third-order valence-corrected chi connectivity index (χ3v) is 7.81. The molecule has 0 N–H and O–H groups in total. The van der Waals surface area contributed by atoms with Gasteiger partial charge >= 0.3 is 0 Å². The Labute approximate surface area is 121 Å². The first-order valence-corrected chi connectivity index (χ1v) is 9.72. The Hall–Kier alpha value is 0.430. The fraction of sp³-hybridized carbons (Fsp3) is 1.00. The van der Waals surface area contributed by atoms with Gasteiger partial charge in [0.2, 0.25) is 0 Å². The number of sulfone groups is 1. The first-order valence-electron chi connectivity index (χ1n) is 7.09. The molecular formula is C14H27BrO2S. The van der Waals surface area contributed by atoms with Gasteiger partial charge in [0, 0.05) is 4.83 Å². The molecule has 1 rings (SSSR count). The summed E-state index contributed by atoms with van der Waals surface area (Å²) in [6, 6.07) is 0. The predicted octanol–water partition coefficient (Wildman–Crippen LogP) is 4.04. The van der Waals surface area contributed by atoms with Crippen molar-refractivity contribution < 1.29 is 8.42 Å². The van der Waals surface area contributed by atoms with E-state index in [4.69, 9.17) is 0 Å². The molecule has 0 bridgehead atoms. The molecule has 1 aliphatic rings. The van der Waals surface area contributed by atoms with Gasteiger partial charge in [-0.25, -0.2) is 8.42 Å². The van der Waals surface area contributed by atoms with Crippen molar-refractivity contribution in [2.45, 2.75) is 63.5 Å². The van der Waals surface area contributed by atoms with E-state index in [1.165, 1.54) is 19.3 Å². The number of halogens is 1. The van der Waals surface area contributed by atoms with Gasteiger partial charge in [0.05, 0.1) is 11.0 Å². The Morgan fingerprint density at radius 1 is 1.17 bits per heavy atom. The Morgan fingerprint density at radius 2 is 1.78 bits per heavy atom. The largest absolute Gasteiger partial charge is 0.229 e. The fourth-order valence-electron chi connectivity index (χ4n) is 2.72. The normalized spacial score (nSPS) is 30.1.